The van der Waals surface area contributed by atoms with Gasteiger partial charge >= 0.3 is 0 Å². The highest BCUT2D eigenvalue weighted by Gasteiger charge is 2.15. The summed E-state index contributed by atoms with van der Waals surface area (Å²) < 4.78 is 11.2. The fourth-order valence-corrected chi connectivity index (χ4v) is 2.46. The predicted octanol–water partition coefficient (Wildman–Crippen LogP) is 2.74. The third-order valence-corrected chi connectivity index (χ3v) is 3.39. The molecule has 94 valence electrons. The minimum absolute atomic E-state index is 0.569. The van der Waals surface area contributed by atoms with E-state index in [0.29, 0.717) is 13.2 Å². The largest absolute Gasteiger partial charge is 0.486 e. The molecule has 1 aromatic heterocycles. The fraction of sp³-hybridized carbons (Fsp3) is 0.133. The van der Waals surface area contributed by atoms with Crippen molar-refractivity contribution in [1.82, 2.24) is 4.98 Å². The lowest BCUT2D eigenvalue weighted by Gasteiger charge is -2.19. The number of fused-ring (bicyclic) bond motifs is 3. The van der Waals surface area contributed by atoms with Gasteiger partial charge in [-0.15, -0.1) is 0 Å². The topological polar surface area (TPSA) is 57.4 Å². The van der Waals surface area contributed by atoms with Gasteiger partial charge in [-0.2, -0.15) is 0 Å². The van der Waals surface area contributed by atoms with Crippen LogP contribution < -0.4 is 15.2 Å². The van der Waals surface area contributed by atoms with E-state index in [-0.39, 0.29) is 0 Å². The molecule has 2 heterocycles. The second-order valence-corrected chi connectivity index (χ2v) is 4.56. The molecule has 0 atom stereocenters. The Morgan fingerprint density at radius 1 is 0.895 bits per heavy atom. The number of anilines is 1. The van der Waals surface area contributed by atoms with E-state index in [0.717, 1.165) is 39.0 Å². The lowest BCUT2D eigenvalue weighted by Crippen LogP contribution is -2.15. The lowest BCUT2D eigenvalue weighted by atomic mass is 10.1. The molecule has 0 unspecified atom stereocenters. The molecule has 2 aromatic carbocycles. The Morgan fingerprint density at radius 2 is 1.63 bits per heavy atom. The van der Waals surface area contributed by atoms with Gasteiger partial charge in [-0.05, 0) is 12.1 Å². The Morgan fingerprint density at radius 3 is 2.47 bits per heavy atom. The van der Waals surface area contributed by atoms with Gasteiger partial charge in [0.1, 0.15) is 13.2 Å². The number of nitrogens with zero attached hydrogens (tertiary/aromatic N) is 1. The number of hydrogen-bond donors (Lipinski definition) is 1. The first kappa shape index (κ1) is 10.4. The standard InChI is InChI=1S/C15H12N2O2/c16-15-9-3-1-2-4-11(9)17-12-8-14-13(7-10(12)15)18-5-6-19-14/h1-4,7-8H,5-6H2,(H2,16,17). The summed E-state index contributed by atoms with van der Waals surface area (Å²) in [4.78, 5) is 4.63. The van der Waals surface area contributed by atoms with Crippen LogP contribution >= 0.6 is 0 Å². The minimum Gasteiger partial charge on any atom is -0.486 e. The second-order valence-electron chi connectivity index (χ2n) is 4.56. The lowest BCUT2D eigenvalue weighted by molar-refractivity contribution is 0.172. The van der Waals surface area contributed by atoms with Crippen molar-refractivity contribution in [2.75, 3.05) is 18.9 Å². The molecule has 0 radical (unpaired) electrons. The molecule has 4 heteroatoms. The maximum Gasteiger partial charge on any atom is 0.163 e. The summed E-state index contributed by atoms with van der Waals surface area (Å²) in [6.45, 7) is 1.14. The van der Waals surface area contributed by atoms with E-state index in [9.17, 15) is 0 Å². The number of rotatable bonds is 0. The average Bonchev–Trinajstić information content (AvgIpc) is 2.46. The Balaban J connectivity index is 2.12. The summed E-state index contributed by atoms with van der Waals surface area (Å²) >= 11 is 0. The number of hydrogen-bond acceptors (Lipinski definition) is 4. The molecule has 4 nitrogen and oxygen atoms in total. The highest BCUT2D eigenvalue weighted by Crippen LogP contribution is 2.37. The molecule has 0 saturated heterocycles. The molecule has 0 spiro atoms. The van der Waals surface area contributed by atoms with Crippen LogP contribution in [0, 0.1) is 0 Å². The van der Waals surface area contributed by atoms with E-state index in [4.69, 9.17) is 15.2 Å². The quantitative estimate of drug-likeness (QED) is 0.625. The molecular formula is C15H12N2O2. The van der Waals surface area contributed by atoms with Gasteiger partial charge in [-0.1, -0.05) is 18.2 Å². The maximum absolute atomic E-state index is 6.25. The third-order valence-electron chi connectivity index (χ3n) is 3.39. The summed E-state index contributed by atoms with van der Waals surface area (Å²) in [6, 6.07) is 11.7. The zero-order chi connectivity index (χ0) is 12.8. The molecule has 0 aliphatic carbocycles. The molecule has 19 heavy (non-hydrogen) atoms. The molecule has 3 aromatic rings. The Kier molecular flexibility index (Phi) is 2.06. The number of nitrogens with two attached hydrogens (primary N) is 1. The van der Waals surface area contributed by atoms with Gasteiger partial charge in [-0.3, -0.25) is 0 Å². The number of nitrogen functional groups attached to an aromatic ring is 1. The molecule has 1 aliphatic heterocycles. The number of aromatic nitrogens is 1. The summed E-state index contributed by atoms with van der Waals surface area (Å²) in [7, 11) is 0. The van der Waals surface area contributed by atoms with Crippen LogP contribution in [-0.4, -0.2) is 18.2 Å². The van der Waals surface area contributed by atoms with Crippen molar-refractivity contribution < 1.29 is 9.47 Å². The summed E-state index contributed by atoms with van der Waals surface area (Å²) in [6.07, 6.45) is 0. The Hall–Kier alpha value is -2.49. The highest BCUT2D eigenvalue weighted by atomic mass is 16.6. The van der Waals surface area contributed by atoms with Crippen LogP contribution in [0.1, 0.15) is 0 Å². The maximum atomic E-state index is 6.25. The molecule has 0 bridgehead atoms. The molecule has 0 amide bonds. The Labute approximate surface area is 109 Å². The van der Waals surface area contributed by atoms with Crippen molar-refractivity contribution in [1.29, 1.82) is 0 Å². The predicted molar refractivity (Wildman–Crippen MR) is 74.7 cm³/mol. The normalized spacial score (nSPS) is 13.9. The summed E-state index contributed by atoms with van der Waals surface area (Å²) in [5.74, 6) is 1.48. The Bertz CT molecular complexity index is 799. The van der Waals surface area contributed by atoms with E-state index in [2.05, 4.69) is 4.98 Å². The van der Waals surface area contributed by atoms with Gasteiger partial charge in [-0.25, -0.2) is 4.98 Å². The summed E-state index contributed by atoms with van der Waals surface area (Å²) in [5, 5.41) is 1.87. The second kappa shape index (κ2) is 3.75. The zero-order valence-electron chi connectivity index (χ0n) is 10.2. The molecule has 4 rings (SSSR count). The van der Waals surface area contributed by atoms with Gasteiger partial charge in [0.05, 0.1) is 16.7 Å². The first-order valence-corrected chi connectivity index (χ1v) is 6.20. The van der Waals surface area contributed by atoms with E-state index < -0.39 is 0 Å². The zero-order valence-corrected chi connectivity index (χ0v) is 10.2. The van der Waals surface area contributed by atoms with Gasteiger partial charge < -0.3 is 15.2 Å². The van der Waals surface area contributed by atoms with Crippen molar-refractivity contribution in [3.05, 3.63) is 36.4 Å². The van der Waals surface area contributed by atoms with Gasteiger partial charge in [0.25, 0.3) is 0 Å². The molecule has 1 aliphatic rings. The van der Waals surface area contributed by atoms with Crippen molar-refractivity contribution in [2.45, 2.75) is 0 Å². The number of pyridine rings is 1. The number of benzene rings is 2. The van der Waals surface area contributed by atoms with Gasteiger partial charge in [0, 0.05) is 16.8 Å². The van der Waals surface area contributed by atoms with E-state index in [1.165, 1.54) is 0 Å². The van der Waals surface area contributed by atoms with Crippen molar-refractivity contribution >= 4 is 27.5 Å². The smallest absolute Gasteiger partial charge is 0.163 e. The SMILES string of the molecule is Nc1c2ccccc2nc2cc3c(cc12)OCCO3. The summed E-state index contributed by atoms with van der Waals surface area (Å²) in [5.41, 5.74) is 8.71. The van der Waals surface area contributed by atoms with Crippen LogP contribution in [0.25, 0.3) is 21.8 Å². The minimum atomic E-state index is 0.569. The van der Waals surface area contributed by atoms with E-state index in [1.807, 2.05) is 36.4 Å². The van der Waals surface area contributed by atoms with Crippen LogP contribution in [0.15, 0.2) is 36.4 Å². The third kappa shape index (κ3) is 1.50. The molecular weight excluding hydrogens is 240 g/mol. The first-order valence-electron chi connectivity index (χ1n) is 6.20. The monoisotopic (exact) mass is 252 g/mol. The molecule has 0 fully saturated rings. The average molecular weight is 252 g/mol. The van der Waals surface area contributed by atoms with Gasteiger partial charge in [0.15, 0.2) is 11.5 Å². The van der Waals surface area contributed by atoms with Crippen LogP contribution in [0.4, 0.5) is 5.69 Å². The molecule has 2 N–H and O–H groups in total. The highest BCUT2D eigenvalue weighted by molar-refractivity contribution is 6.07. The van der Waals surface area contributed by atoms with Crippen molar-refractivity contribution in [2.24, 2.45) is 0 Å². The van der Waals surface area contributed by atoms with Crippen molar-refractivity contribution in [3.8, 4) is 11.5 Å². The van der Waals surface area contributed by atoms with Crippen LogP contribution in [0.3, 0.4) is 0 Å². The van der Waals surface area contributed by atoms with E-state index >= 15 is 0 Å². The number of ether oxygens (including phenoxy) is 2. The van der Waals surface area contributed by atoms with Crippen LogP contribution in [-0.2, 0) is 0 Å². The van der Waals surface area contributed by atoms with Crippen LogP contribution in [0.5, 0.6) is 11.5 Å². The molecule has 0 saturated carbocycles. The van der Waals surface area contributed by atoms with Crippen molar-refractivity contribution in [3.63, 3.8) is 0 Å². The van der Waals surface area contributed by atoms with E-state index in [1.54, 1.807) is 0 Å². The fourth-order valence-electron chi connectivity index (χ4n) is 2.46. The first-order chi connectivity index (χ1) is 9.33. The van der Waals surface area contributed by atoms with Gasteiger partial charge in [0.2, 0.25) is 0 Å². The van der Waals surface area contributed by atoms with Crippen LogP contribution in [0.2, 0.25) is 0 Å². The number of para-hydroxylation sites is 1.